The van der Waals surface area contributed by atoms with E-state index >= 15 is 4.39 Å². The van der Waals surface area contributed by atoms with Crippen LogP contribution in [-0.4, -0.2) is 49.5 Å². The van der Waals surface area contributed by atoms with Crippen LogP contribution in [0.15, 0.2) is 36.7 Å². The number of piperidine rings is 1. The molecule has 34 heavy (non-hydrogen) atoms. The van der Waals surface area contributed by atoms with Gasteiger partial charge in [0.2, 0.25) is 0 Å². The van der Waals surface area contributed by atoms with Crippen molar-refractivity contribution in [1.82, 2.24) is 29.4 Å². The molecular formula is C26H26FN7. The fraction of sp³-hybridized carbons (Fsp3) is 0.346. The van der Waals surface area contributed by atoms with E-state index < -0.39 is 0 Å². The summed E-state index contributed by atoms with van der Waals surface area (Å²) in [5.74, 6) is 1.37. The lowest BCUT2D eigenvalue weighted by Gasteiger charge is -2.29. The Labute approximate surface area is 197 Å². The van der Waals surface area contributed by atoms with Gasteiger partial charge < -0.3 is 9.47 Å². The molecule has 3 aromatic heterocycles. The van der Waals surface area contributed by atoms with Gasteiger partial charge in [0.05, 0.1) is 17.8 Å². The molecule has 5 rings (SSSR count). The van der Waals surface area contributed by atoms with Gasteiger partial charge in [-0.2, -0.15) is 5.26 Å². The van der Waals surface area contributed by atoms with Crippen molar-refractivity contribution < 1.29 is 4.39 Å². The Bertz CT molecular complexity index is 1410. The summed E-state index contributed by atoms with van der Waals surface area (Å²) in [5.41, 5.74) is 4.79. The maximum atomic E-state index is 15.4. The number of pyridine rings is 1. The summed E-state index contributed by atoms with van der Waals surface area (Å²) in [6.07, 6.45) is 5.26. The Balaban J connectivity index is 1.57. The lowest BCUT2D eigenvalue weighted by atomic mass is 9.89. The molecule has 4 aromatic rings. The first-order valence-electron chi connectivity index (χ1n) is 11.5. The Hall–Kier alpha value is -3.70. The fourth-order valence-corrected chi connectivity index (χ4v) is 4.73. The van der Waals surface area contributed by atoms with Crippen molar-refractivity contribution in [3.63, 3.8) is 0 Å². The number of aryl methyl sites for hydroxylation is 2. The molecule has 8 heteroatoms. The highest BCUT2D eigenvalue weighted by Gasteiger charge is 2.21. The van der Waals surface area contributed by atoms with Crippen molar-refractivity contribution in [3.8, 4) is 17.5 Å². The molecule has 1 aliphatic rings. The third kappa shape index (κ3) is 4.15. The molecule has 1 fully saturated rings. The van der Waals surface area contributed by atoms with Gasteiger partial charge in [0, 0.05) is 23.5 Å². The van der Waals surface area contributed by atoms with Crippen molar-refractivity contribution in [2.45, 2.75) is 39.2 Å². The van der Waals surface area contributed by atoms with Crippen LogP contribution in [0.3, 0.4) is 0 Å². The number of imidazole rings is 1. The standard InChI is InChI=1S/C26H26FN7/c1-16-24-26(31-17(2)30-16)34(25(32-24)22-10-18(12-28)13-29-14-22)15-21-5-4-20(11-23(21)27)19-6-8-33(3)9-7-19/h4-5,10-11,13-14,19H,6-9,15H2,1-3H3. The van der Waals surface area contributed by atoms with Crippen molar-refractivity contribution in [2.24, 2.45) is 0 Å². The predicted octanol–water partition coefficient (Wildman–Crippen LogP) is 4.37. The number of hydrogen-bond donors (Lipinski definition) is 0. The summed E-state index contributed by atoms with van der Waals surface area (Å²) in [4.78, 5) is 20.4. The number of halogens is 1. The first-order chi connectivity index (χ1) is 16.4. The van der Waals surface area contributed by atoms with Gasteiger partial charge in [-0.15, -0.1) is 0 Å². The van der Waals surface area contributed by atoms with Gasteiger partial charge >= 0.3 is 0 Å². The molecule has 7 nitrogen and oxygen atoms in total. The first-order valence-corrected chi connectivity index (χ1v) is 11.5. The second kappa shape index (κ2) is 8.92. The molecule has 1 aliphatic heterocycles. The number of aromatic nitrogens is 5. The number of likely N-dealkylation sites (tertiary alicyclic amines) is 1. The lowest BCUT2D eigenvalue weighted by molar-refractivity contribution is 0.255. The SMILES string of the molecule is Cc1nc(C)c2nc(-c3cncc(C#N)c3)n(Cc3ccc(C4CCN(C)CC4)cc3F)c2n1. The Morgan fingerprint density at radius 3 is 2.62 bits per heavy atom. The van der Waals surface area contributed by atoms with Crippen molar-refractivity contribution in [3.05, 3.63) is 70.7 Å². The third-order valence-electron chi connectivity index (χ3n) is 6.60. The van der Waals surface area contributed by atoms with Gasteiger partial charge in [-0.05, 0) is 70.4 Å². The van der Waals surface area contributed by atoms with Crippen molar-refractivity contribution >= 4 is 11.2 Å². The van der Waals surface area contributed by atoms with Crippen LogP contribution < -0.4 is 0 Å². The van der Waals surface area contributed by atoms with Crippen LogP contribution in [0.1, 0.15) is 47.0 Å². The van der Waals surface area contributed by atoms with E-state index in [1.807, 2.05) is 24.5 Å². The number of nitriles is 1. The fourth-order valence-electron chi connectivity index (χ4n) is 4.73. The molecule has 0 aliphatic carbocycles. The van der Waals surface area contributed by atoms with Gasteiger partial charge in [0.15, 0.2) is 5.65 Å². The molecule has 0 saturated carbocycles. The summed E-state index contributed by atoms with van der Waals surface area (Å²) in [5, 5.41) is 9.33. The van der Waals surface area contributed by atoms with Crippen LogP contribution in [0.5, 0.6) is 0 Å². The molecule has 0 atom stereocenters. The number of hydrogen-bond acceptors (Lipinski definition) is 6. The van der Waals surface area contributed by atoms with E-state index in [0.29, 0.717) is 45.4 Å². The number of fused-ring (bicyclic) bond motifs is 1. The van der Waals surface area contributed by atoms with E-state index in [1.54, 1.807) is 18.3 Å². The van der Waals surface area contributed by atoms with Crippen molar-refractivity contribution in [1.29, 1.82) is 5.26 Å². The minimum absolute atomic E-state index is 0.226. The van der Waals surface area contributed by atoms with Crippen LogP contribution in [0.2, 0.25) is 0 Å². The minimum Gasteiger partial charge on any atom is -0.306 e. The van der Waals surface area contributed by atoms with Gasteiger partial charge in [0.1, 0.15) is 29.1 Å². The maximum absolute atomic E-state index is 15.4. The number of rotatable bonds is 4. The van der Waals surface area contributed by atoms with E-state index in [0.717, 1.165) is 37.2 Å². The highest BCUT2D eigenvalue weighted by atomic mass is 19.1. The molecule has 0 unspecified atom stereocenters. The molecule has 4 heterocycles. The maximum Gasteiger partial charge on any atom is 0.164 e. The Kier molecular flexibility index (Phi) is 5.80. The van der Waals surface area contributed by atoms with Crippen LogP contribution in [0, 0.1) is 31.0 Å². The Morgan fingerprint density at radius 2 is 1.88 bits per heavy atom. The summed E-state index contributed by atoms with van der Waals surface area (Å²) in [7, 11) is 2.13. The molecule has 0 radical (unpaired) electrons. The van der Waals surface area contributed by atoms with Gasteiger partial charge in [-0.1, -0.05) is 12.1 Å². The summed E-state index contributed by atoms with van der Waals surface area (Å²) in [6, 6.07) is 9.47. The number of benzene rings is 1. The second-order valence-electron chi connectivity index (χ2n) is 9.05. The Morgan fingerprint density at radius 1 is 1.09 bits per heavy atom. The zero-order chi connectivity index (χ0) is 23.8. The van der Waals surface area contributed by atoms with E-state index in [4.69, 9.17) is 4.98 Å². The lowest BCUT2D eigenvalue weighted by Crippen LogP contribution is -2.29. The average molecular weight is 456 g/mol. The highest BCUT2D eigenvalue weighted by molar-refractivity contribution is 5.79. The molecular weight excluding hydrogens is 429 g/mol. The zero-order valence-corrected chi connectivity index (χ0v) is 19.6. The predicted molar refractivity (Wildman–Crippen MR) is 128 cm³/mol. The van der Waals surface area contributed by atoms with Crippen LogP contribution in [-0.2, 0) is 6.54 Å². The van der Waals surface area contributed by atoms with Crippen molar-refractivity contribution in [2.75, 3.05) is 20.1 Å². The zero-order valence-electron chi connectivity index (χ0n) is 19.6. The highest BCUT2D eigenvalue weighted by Crippen LogP contribution is 2.30. The molecule has 1 aromatic carbocycles. The topological polar surface area (TPSA) is 83.5 Å². The summed E-state index contributed by atoms with van der Waals surface area (Å²) >= 11 is 0. The van der Waals surface area contributed by atoms with E-state index in [1.165, 1.54) is 6.20 Å². The summed E-state index contributed by atoms with van der Waals surface area (Å²) < 4.78 is 17.2. The molecule has 172 valence electrons. The summed E-state index contributed by atoms with van der Waals surface area (Å²) in [6.45, 7) is 6.05. The largest absolute Gasteiger partial charge is 0.306 e. The van der Waals surface area contributed by atoms with Crippen LogP contribution >= 0.6 is 0 Å². The minimum atomic E-state index is -0.226. The van der Waals surface area contributed by atoms with Gasteiger partial charge in [-0.25, -0.2) is 19.3 Å². The first kappa shape index (κ1) is 22.1. The quantitative estimate of drug-likeness (QED) is 0.454. The molecule has 0 spiro atoms. The van der Waals surface area contributed by atoms with E-state index in [2.05, 4.69) is 39.0 Å². The second-order valence-corrected chi connectivity index (χ2v) is 9.05. The monoisotopic (exact) mass is 455 g/mol. The molecule has 0 bridgehead atoms. The van der Waals surface area contributed by atoms with Gasteiger partial charge in [0.25, 0.3) is 0 Å². The van der Waals surface area contributed by atoms with Crippen LogP contribution in [0.25, 0.3) is 22.6 Å². The third-order valence-corrected chi connectivity index (χ3v) is 6.60. The van der Waals surface area contributed by atoms with Crippen LogP contribution in [0.4, 0.5) is 4.39 Å². The smallest absolute Gasteiger partial charge is 0.164 e. The van der Waals surface area contributed by atoms with E-state index in [9.17, 15) is 5.26 Å². The average Bonchev–Trinajstić information content (AvgIpc) is 3.19. The molecule has 0 amide bonds. The molecule has 0 N–H and O–H groups in total. The number of nitrogens with zero attached hydrogens (tertiary/aromatic N) is 7. The molecule has 1 saturated heterocycles. The van der Waals surface area contributed by atoms with Gasteiger partial charge in [-0.3, -0.25) is 4.98 Å². The van der Waals surface area contributed by atoms with E-state index in [-0.39, 0.29) is 12.4 Å². The normalized spacial score (nSPS) is 15.0.